The third kappa shape index (κ3) is 1.40. The first-order valence-corrected chi connectivity index (χ1v) is 5.21. The van der Waals surface area contributed by atoms with Gasteiger partial charge >= 0.3 is 0 Å². The lowest BCUT2D eigenvalue weighted by molar-refractivity contribution is 0.589. The van der Waals surface area contributed by atoms with Gasteiger partial charge < -0.3 is 0 Å². The zero-order valence-electron chi connectivity index (χ0n) is 5.91. The van der Waals surface area contributed by atoms with Crippen molar-refractivity contribution < 1.29 is 8.42 Å². The van der Waals surface area contributed by atoms with Crippen LogP contribution in [0.15, 0.2) is 12.7 Å². The van der Waals surface area contributed by atoms with Gasteiger partial charge in [0, 0.05) is 0 Å². The van der Waals surface area contributed by atoms with Crippen LogP contribution >= 0.6 is 0 Å². The summed E-state index contributed by atoms with van der Waals surface area (Å²) in [4.78, 5) is 0. The van der Waals surface area contributed by atoms with E-state index in [1.54, 1.807) is 6.08 Å². The molecule has 1 heterocycles. The second-order valence-electron chi connectivity index (χ2n) is 2.66. The summed E-state index contributed by atoms with van der Waals surface area (Å²) >= 11 is 0. The minimum absolute atomic E-state index is 0.120. The van der Waals surface area contributed by atoms with Crippen LogP contribution in [0.5, 0.6) is 0 Å². The minimum atomic E-state index is -2.72. The highest BCUT2D eigenvalue weighted by Gasteiger charge is 2.29. The third-order valence-corrected chi connectivity index (χ3v) is 4.19. The Balaban J connectivity index is 2.69. The number of rotatable bonds is 2. The molecule has 0 aromatic rings. The molecule has 1 rings (SSSR count). The molecular weight excluding hydrogens is 148 g/mol. The van der Waals surface area contributed by atoms with Crippen molar-refractivity contribution in [2.75, 3.05) is 5.75 Å². The number of sulfone groups is 1. The molecule has 0 saturated carbocycles. The third-order valence-electron chi connectivity index (χ3n) is 1.89. The second kappa shape index (κ2) is 2.74. The first-order valence-electron chi connectivity index (χ1n) is 3.49. The van der Waals surface area contributed by atoms with E-state index in [2.05, 4.69) is 6.58 Å². The van der Waals surface area contributed by atoms with Crippen molar-refractivity contribution in [2.24, 2.45) is 0 Å². The highest BCUT2D eigenvalue weighted by atomic mass is 32.2. The Morgan fingerprint density at radius 1 is 1.60 bits per heavy atom. The maximum atomic E-state index is 11.1. The van der Waals surface area contributed by atoms with Gasteiger partial charge in [0.25, 0.3) is 0 Å². The lowest BCUT2D eigenvalue weighted by atomic mass is 10.2. The van der Waals surface area contributed by atoms with Crippen LogP contribution in [-0.4, -0.2) is 19.4 Å². The van der Waals surface area contributed by atoms with Crippen LogP contribution in [0.25, 0.3) is 0 Å². The Labute approximate surface area is 61.9 Å². The van der Waals surface area contributed by atoms with Crippen molar-refractivity contribution in [3.05, 3.63) is 12.7 Å². The van der Waals surface area contributed by atoms with E-state index in [4.69, 9.17) is 0 Å². The van der Waals surface area contributed by atoms with Crippen LogP contribution in [0.1, 0.15) is 19.3 Å². The molecule has 1 atom stereocenters. The minimum Gasteiger partial charge on any atom is -0.229 e. The number of hydrogen-bond acceptors (Lipinski definition) is 2. The molecule has 3 heteroatoms. The summed E-state index contributed by atoms with van der Waals surface area (Å²) in [7, 11) is -2.72. The van der Waals surface area contributed by atoms with Gasteiger partial charge in [-0.25, -0.2) is 8.42 Å². The summed E-state index contributed by atoms with van der Waals surface area (Å²) in [5.41, 5.74) is 0. The highest BCUT2D eigenvalue weighted by molar-refractivity contribution is 7.92. The topological polar surface area (TPSA) is 34.1 Å². The van der Waals surface area contributed by atoms with Gasteiger partial charge in [-0.05, 0) is 19.3 Å². The molecule has 1 unspecified atom stereocenters. The maximum Gasteiger partial charge on any atom is 0.153 e. The molecule has 1 aliphatic rings. The van der Waals surface area contributed by atoms with E-state index in [1.807, 2.05) is 0 Å². The van der Waals surface area contributed by atoms with Gasteiger partial charge in [-0.2, -0.15) is 0 Å². The van der Waals surface area contributed by atoms with Crippen molar-refractivity contribution in [2.45, 2.75) is 24.5 Å². The van der Waals surface area contributed by atoms with E-state index >= 15 is 0 Å². The molecule has 0 bridgehead atoms. The number of allylic oxidation sites excluding steroid dienone is 1. The summed E-state index contributed by atoms with van der Waals surface area (Å²) < 4.78 is 22.2. The Morgan fingerprint density at radius 3 is 2.70 bits per heavy atom. The molecular formula is C7H12O2S. The van der Waals surface area contributed by atoms with Gasteiger partial charge in [0.05, 0.1) is 11.0 Å². The highest BCUT2D eigenvalue weighted by Crippen LogP contribution is 2.22. The van der Waals surface area contributed by atoms with E-state index in [0.29, 0.717) is 12.2 Å². The van der Waals surface area contributed by atoms with Crippen molar-refractivity contribution in [1.82, 2.24) is 0 Å². The Bertz CT molecular complexity index is 216. The Hall–Kier alpha value is -0.310. The van der Waals surface area contributed by atoms with E-state index in [9.17, 15) is 8.42 Å². The van der Waals surface area contributed by atoms with Crippen LogP contribution in [0.4, 0.5) is 0 Å². The molecule has 0 N–H and O–H groups in total. The van der Waals surface area contributed by atoms with Gasteiger partial charge in [0.2, 0.25) is 0 Å². The molecule has 58 valence electrons. The lowest BCUT2D eigenvalue weighted by Crippen LogP contribution is -2.14. The van der Waals surface area contributed by atoms with Gasteiger partial charge in [-0.15, -0.1) is 6.58 Å². The van der Waals surface area contributed by atoms with Gasteiger partial charge in [-0.1, -0.05) is 6.08 Å². The summed E-state index contributed by atoms with van der Waals surface area (Å²) in [6.45, 7) is 3.53. The molecule has 1 aliphatic heterocycles. The SMILES string of the molecule is C=CCC1CCCS1(=O)=O. The van der Waals surface area contributed by atoms with Crippen LogP contribution in [0, 0.1) is 0 Å². The molecule has 2 nitrogen and oxygen atoms in total. The van der Waals surface area contributed by atoms with Crippen molar-refractivity contribution in [3.8, 4) is 0 Å². The predicted octanol–water partition coefficient (Wildman–Crippen LogP) is 1.14. The van der Waals surface area contributed by atoms with E-state index in [-0.39, 0.29) is 5.25 Å². The largest absolute Gasteiger partial charge is 0.229 e. The zero-order valence-corrected chi connectivity index (χ0v) is 6.73. The molecule has 0 spiro atoms. The molecule has 0 amide bonds. The molecule has 1 saturated heterocycles. The van der Waals surface area contributed by atoms with E-state index in [0.717, 1.165) is 12.8 Å². The normalized spacial score (nSPS) is 30.2. The average molecular weight is 160 g/mol. The summed E-state index contributed by atoms with van der Waals surface area (Å²) in [6, 6.07) is 0. The van der Waals surface area contributed by atoms with Crippen molar-refractivity contribution in [3.63, 3.8) is 0 Å². The van der Waals surface area contributed by atoms with E-state index in [1.165, 1.54) is 0 Å². The fraction of sp³-hybridized carbons (Fsp3) is 0.714. The maximum absolute atomic E-state index is 11.1. The molecule has 0 aliphatic carbocycles. The van der Waals surface area contributed by atoms with Crippen molar-refractivity contribution in [1.29, 1.82) is 0 Å². The summed E-state index contributed by atoms with van der Waals surface area (Å²) in [5.74, 6) is 0.380. The van der Waals surface area contributed by atoms with Crippen LogP contribution < -0.4 is 0 Å². The summed E-state index contributed by atoms with van der Waals surface area (Å²) in [6.07, 6.45) is 3.98. The van der Waals surface area contributed by atoms with Crippen LogP contribution in [0.2, 0.25) is 0 Å². The van der Waals surface area contributed by atoms with Gasteiger partial charge in [0.15, 0.2) is 9.84 Å². The fourth-order valence-corrected chi connectivity index (χ4v) is 3.17. The van der Waals surface area contributed by atoms with E-state index < -0.39 is 9.84 Å². The molecule has 0 radical (unpaired) electrons. The van der Waals surface area contributed by atoms with Crippen LogP contribution in [-0.2, 0) is 9.84 Å². The predicted molar refractivity (Wildman–Crippen MR) is 41.6 cm³/mol. The average Bonchev–Trinajstić information content (AvgIpc) is 2.13. The Kier molecular flexibility index (Phi) is 2.14. The monoisotopic (exact) mass is 160 g/mol. The molecule has 0 aromatic heterocycles. The summed E-state index contributed by atoms with van der Waals surface area (Å²) in [5, 5.41) is -0.120. The van der Waals surface area contributed by atoms with Crippen molar-refractivity contribution >= 4 is 9.84 Å². The second-order valence-corrected chi connectivity index (χ2v) is 5.06. The lowest BCUT2D eigenvalue weighted by Gasteiger charge is -2.03. The molecule has 10 heavy (non-hydrogen) atoms. The van der Waals surface area contributed by atoms with Gasteiger partial charge in [0.1, 0.15) is 0 Å². The fourth-order valence-electron chi connectivity index (χ4n) is 1.31. The Morgan fingerprint density at radius 2 is 2.30 bits per heavy atom. The quantitative estimate of drug-likeness (QED) is 0.568. The van der Waals surface area contributed by atoms with Crippen LogP contribution in [0.3, 0.4) is 0 Å². The standard InChI is InChI=1S/C7H12O2S/c1-2-4-7-5-3-6-10(7,8)9/h2,7H,1,3-6H2. The smallest absolute Gasteiger partial charge is 0.153 e. The first-order chi connectivity index (χ1) is 4.67. The van der Waals surface area contributed by atoms with Gasteiger partial charge in [-0.3, -0.25) is 0 Å². The molecule has 1 fully saturated rings. The molecule has 0 aromatic carbocycles. The number of hydrogen-bond donors (Lipinski definition) is 0. The zero-order chi connectivity index (χ0) is 7.61. The first kappa shape index (κ1) is 7.79.